The van der Waals surface area contributed by atoms with Gasteiger partial charge in [-0.05, 0) is 50.5 Å². The number of aryl methyl sites for hydroxylation is 1. The van der Waals surface area contributed by atoms with Crippen LogP contribution in [0.3, 0.4) is 0 Å². The summed E-state index contributed by atoms with van der Waals surface area (Å²) in [6, 6.07) is 6.96. The Bertz CT molecular complexity index is 979. The molecule has 166 valence electrons. The number of rotatable bonds is 7. The van der Waals surface area contributed by atoms with Crippen LogP contribution in [0.2, 0.25) is 0 Å². The van der Waals surface area contributed by atoms with Crippen LogP contribution in [-0.4, -0.2) is 42.3 Å². The van der Waals surface area contributed by atoms with Crippen molar-refractivity contribution in [2.75, 3.05) is 19.0 Å². The first-order chi connectivity index (χ1) is 14.8. The molecule has 8 heteroatoms. The summed E-state index contributed by atoms with van der Waals surface area (Å²) in [5.74, 6) is -0.525. The third-order valence-electron chi connectivity index (χ3n) is 5.79. The molecule has 1 aliphatic rings. The minimum atomic E-state index is -0.575. The topological polar surface area (TPSA) is 102 Å². The van der Waals surface area contributed by atoms with Gasteiger partial charge in [-0.3, -0.25) is 14.4 Å². The molecule has 3 N–H and O–H groups in total. The molecule has 3 rings (SSSR count). The van der Waals surface area contributed by atoms with Gasteiger partial charge in [-0.15, -0.1) is 11.3 Å². The lowest BCUT2D eigenvalue weighted by Gasteiger charge is -2.34. The van der Waals surface area contributed by atoms with Crippen LogP contribution in [0.25, 0.3) is 0 Å². The minimum absolute atomic E-state index is 0.000574. The number of carbonyl (C=O) groups excluding carboxylic acids is 3. The van der Waals surface area contributed by atoms with Gasteiger partial charge in [0.25, 0.3) is 11.8 Å². The van der Waals surface area contributed by atoms with Crippen LogP contribution in [0.15, 0.2) is 24.3 Å². The molecule has 1 heterocycles. The van der Waals surface area contributed by atoms with Gasteiger partial charge >= 0.3 is 0 Å². The molecule has 1 aromatic carbocycles. The number of primary amides is 1. The second-order valence-corrected chi connectivity index (χ2v) is 9.08. The summed E-state index contributed by atoms with van der Waals surface area (Å²) in [4.78, 5) is 40.7. The molecule has 3 amide bonds. The summed E-state index contributed by atoms with van der Waals surface area (Å²) in [7, 11) is 1.55. The molecule has 0 bridgehead atoms. The van der Waals surface area contributed by atoms with Crippen molar-refractivity contribution < 1.29 is 19.1 Å². The van der Waals surface area contributed by atoms with Crippen LogP contribution >= 0.6 is 11.3 Å². The van der Waals surface area contributed by atoms with Crippen LogP contribution in [0, 0.1) is 13.8 Å². The van der Waals surface area contributed by atoms with Crippen molar-refractivity contribution in [3.8, 4) is 5.75 Å². The van der Waals surface area contributed by atoms with Crippen LogP contribution in [0.1, 0.15) is 63.3 Å². The number of thiophene rings is 1. The van der Waals surface area contributed by atoms with E-state index in [-0.39, 0.29) is 24.4 Å². The maximum Gasteiger partial charge on any atom is 0.254 e. The molecule has 0 spiro atoms. The van der Waals surface area contributed by atoms with E-state index in [0.29, 0.717) is 21.9 Å². The number of anilines is 1. The van der Waals surface area contributed by atoms with Crippen molar-refractivity contribution >= 4 is 34.1 Å². The zero-order valence-electron chi connectivity index (χ0n) is 18.2. The lowest BCUT2D eigenvalue weighted by atomic mass is 9.93. The smallest absolute Gasteiger partial charge is 0.254 e. The monoisotopic (exact) mass is 443 g/mol. The number of ether oxygens (including phenoxy) is 1. The van der Waals surface area contributed by atoms with E-state index in [9.17, 15) is 14.4 Å². The Hall–Kier alpha value is -2.87. The zero-order chi connectivity index (χ0) is 22.5. The summed E-state index contributed by atoms with van der Waals surface area (Å²) in [6.07, 6.45) is 4.94. The molecule has 31 heavy (non-hydrogen) atoms. The van der Waals surface area contributed by atoms with Crippen LogP contribution in [0.4, 0.5) is 5.00 Å². The van der Waals surface area contributed by atoms with Gasteiger partial charge in [0, 0.05) is 16.5 Å². The lowest BCUT2D eigenvalue weighted by Crippen LogP contribution is -2.45. The Balaban J connectivity index is 1.83. The molecule has 0 aliphatic heterocycles. The second kappa shape index (κ2) is 9.96. The average molecular weight is 444 g/mol. The maximum atomic E-state index is 13.4. The molecule has 0 saturated heterocycles. The fourth-order valence-electron chi connectivity index (χ4n) is 4.01. The van der Waals surface area contributed by atoms with Gasteiger partial charge in [0.1, 0.15) is 17.3 Å². The highest BCUT2D eigenvalue weighted by Crippen LogP contribution is 2.32. The number of amides is 3. The molecule has 0 unspecified atom stereocenters. The number of hydrogen-bond donors (Lipinski definition) is 2. The van der Waals surface area contributed by atoms with Crippen LogP contribution in [-0.2, 0) is 4.79 Å². The van der Waals surface area contributed by atoms with Crippen molar-refractivity contribution in [3.05, 3.63) is 45.8 Å². The normalized spacial score (nSPS) is 14.2. The highest BCUT2D eigenvalue weighted by Gasteiger charge is 2.29. The van der Waals surface area contributed by atoms with E-state index < -0.39 is 5.91 Å². The molecular formula is C23H29N3O4S. The summed E-state index contributed by atoms with van der Waals surface area (Å²) >= 11 is 1.32. The standard InChI is InChI=1S/C23H29N3O4S/c1-14-15(2)31-22(20(14)21(24)28)25-19(27)13-26(17-9-5-4-6-10-17)23(29)16-8-7-11-18(12-16)30-3/h7-8,11-12,17H,4-6,9-10,13H2,1-3H3,(H2,24,28)(H,25,27). The number of methoxy groups -OCH3 is 1. The summed E-state index contributed by atoms with van der Waals surface area (Å²) < 4.78 is 5.25. The van der Waals surface area contributed by atoms with E-state index in [1.54, 1.807) is 36.3 Å². The molecule has 0 radical (unpaired) electrons. The molecule has 1 saturated carbocycles. The van der Waals surface area contributed by atoms with E-state index in [2.05, 4.69) is 5.32 Å². The van der Waals surface area contributed by atoms with Crippen molar-refractivity contribution in [2.24, 2.45) is 5.73 Å². The Kier molecular flexibility index (Phi) is 7.33. The highest BCUT2D eigenvalue weighted by molar-refractivity contribution is 7.16. The second-order valence-electron chi connectivity index (χ2n) is 7.86. The Morgan fingerprint density at radius 2 is 1.90 bits per heavy atom. The van der Waals surface area contributed by atoms with E-state index in [0.717, 1.165) is 42.5 Å². The van der Waals surface area contributed by atoms with Crippen molar-refractivity contribution in [3.63, 3.8) is 0 Å². The SMILES string of the molecule is COc1cccc(C(=O)N(CC(=O)Nc2sc(C)c(C)c2C(N)=O)C2CCCCC2)c1. The Labute approximate surface area is 186 Å². The molecule has 1 aliphatic carbocycles. The average Bonchev–Trinajstić information content (AvgIpc) is 3.05. The van der Waals surface area contributed by atoms with E-state index in [1.807, 2.05) is 13.8 Å². The number of nitrogens with zero attached hydrogens (tertiary/aromatic N) is 1. The zero-order valence-corrected chi connectivity index (χ0v) is 19.0. The van der Waals surface area contributed by atoms with Gasteiger partial charge < -0.3 is 20.7 Å². The number of nitrogens with one attached hydrogen (secondary N) is 1. The maximum absolute atomic E-state index is 13.4. The first kappa shape index (κ1) is 22.8. The molecule has 2 aromatic rings. The van der Waals surface area contributed by atoms with E-state index in [1.165, 1.54) is 11.3 Å². The van der Waals surface area contributed by atoms with Crippen LogP contribution in [0.5, 0.6) is 5.75 Å². The van der Waals surface area contributed by atoms with E-state index in [4.69, 9.17) is 10.5 Å². The first-order valence-electron chi connectivity index (χ1n) is 10.5. The molecular weight excluding hydrogens is 414 g/mol. The van der Waals surface area contributed by atoms with Gasteiger partial charge in [-0.25, -0.2) is 0 Å². The van der Waals surface area contributed by atoms with Gasteiger partial charge in [-0.2, -0.15) is 0 Å². The molecule has 1 fully saturated rings. The predicted octanol–water partition coefficient (Wildman–Crippen LogP) is 3.89. The number of hydrogen-bond acceptors (Lipinski definition) is 5. The molecule has 1 aromatic heterocycles. The third kappa shape index (κ3) is 5.25. The van der Waals surface area contributed by atoms with Gasteiger partial charge in [0.05, 0.1) is 12.7 Å². The highest BCUT2D eigenvalue weighted by atomic mass is 32.1. The fraction of sp³-hybridized carbons (Fsp3) is 0.435. The fourth-order valence-corrected chi connectivity index (χ4v) is 5.10. The Morgan fingerprint density at radius 1 is 1.19 bits per heavy atom. The van der Waals surface area contributed by atoms with Crippen molar-refractivity contribution in [1.82, 2.24) is 4.90 Å². The Morgan fingerprint density at radius 3 is 2.55 bits per heavy atom. The summed E-state index contributed by atoms with van der Waals surface area (Å²) in [5, 5.41) is 3.25. The van der Waals surface area contributed by atoms with E-state index >= 15 is 0 Å². The summed E-state index contributed by atoms with van der Waals surface area (Å²) in [6.45, 7) is 3.60. The van der Waals surface area contributed by atoms with Crippen molar-refractivity contribution in [2.45, 2.75) is 52.0 Å². The predicted molar refractivity (Wildman–Crippen MR) is 122 cm³/mol. The quantitative estimate of drug-likeness (QED) is 0.678. The van der Waals surface area contributed by atoms with Crippen LogP contribution < -0.4 is 15.8 Å². The van der Waals surface area contributed by atoms with Gasteiger partial charge in [0.2, 0.25) is 5.91 Å². The molecule has 0 atom stereocenters. The summed E-state index contributed by atoms with van der Waals surface area (Å²) in [5.41, 5.74) is 7.10. The van der Waals surface area contributed by atoms with Crippen molar-refractivity contribution in [1.29, 1.82) is 0 Å². The number of nitrogens with two attached hydrogens (primary N) is 1. The minimum Gasteiger partial charge on any atom is -0.497 e. The van der Waals surface area contributed by atoms with Gasteiger partial charge in [-0.1, -0.05) is 25.3 Å². The van der Waals surface area contributed by atoms with Gasteiger partial charge in [0.15, 0.2) is 0 Å². The molecule has 7 nitrogen and oxygen atoms in total. The number of carbonyl (C=O) groups is 3. The largest absolute Gasteiger partial charge is 0.497 e. The first-order valence-corrected chi connectivity index (χ1v) is 11.3. The third-order valence-corrected chi connectivity index (χ3v) is 6.91. The number of benzene rings is 1. The lowest BCUT2D eigenvalue weighted by molar-refractivity contribution is -0.117.